The van der Waals surface area contributed by atoms with Crippen molar-refractivity contribution < 1.29 is 13.9 Å². The lowest BCUT2D eigenvalue weighted by molar-refractivity contribution is -0.131. The number of nitrogens with zero attached hydrogens (tertiary/aromatic N) is 1. The number of rotatable bonds is 5. The van der Waals surface area contributed by atoms with E-state index in [-0.39, 0.29) is 5.91 Å². The summed E-state index contributed by atoms with van der Waals surface area (Å²) in [5.74, 6) is 2.34. The largest absolute Gasteiger partial charge is 0.493 e. The number of furan rings is 1. The molecule has 5 nitrogen and oxygen atoms in total. The number of hydrogen-bond acceptors (Lipinski definition) is 4. The van der Waals surface area contributed by atoms with Gasteiger partial charge in [-0.1, -0.05) is 25.5 Å². The number of carbonyl (C=O) groups excluding carboxylic acids is 1. The Balaban J connectivity index is 1.66. The van der Waals surface area contributed by atoms with Gasteiger partial charge in [0.05, 0.1) is 13.7 Å². The topological polar surface area (TPSA) is 54.7 Å². The van der Waals surface area contributed by atoms with E-state index in [4.69, 9.17) is 9.15 Å². The van der Waals surface area contributed by atoms with Gasteiger partial charge >= 0.3 is 0 Å². The highest BCUT2D eigenvalue weighted by atomic mass is 16.5. The first-order valence-electron chi connectivity index (χ1n) is 8.66. The van der Waals surface area contributed by atoms with Crippen molar-refractivity contribution in [1.82, 2.24) is 10.2 Å². The smallest absolute Gasteiger partial charge is 0.219 e. The number of ether oxygens (including phenoxy) is 1. The second kappa shape index (κ2) is 7.26. The van der Waals surface area contributed by atoms with Gasteiger partial charge in [-0.15, -0.1) is 0 Å². The van der Waals surface area contributed by atoms with Crippen LogP contribution in [0.5, 0.6) is 5.75 Å². The molecule has 1 fully saturated rings. The van der Waals surface area contributed by atoms with Crippen LogP contribution in [0.1, 0.15) is 32.4 Å². The van der Waals surface area contributed by atoms with E-state index in [0.29, 0.717) is 18.5 Å². The molecule has 0 saturated carbocycles. The van der Waals surface area contributed by atoms with E-state index >= 15 is 0 Å². The summed E-state index contributed by atoms with van der Waals surface area (Å²) < 4.78 is 11.3. The molecule has 2 heterocycles. The molecule has 3 rings (SSSR count). The zero-order chi connectivity index (χ0) is 17.1. The van der Waals surface area contributed by atoms with Crippen LogP contribution in [0.2, 0.25) is 0 Å². The van der Waals surface area contributed by atoms with Crippen LogP contribution in [-0.4, -0.2) is 37.0 Å². The Morgan fingerprint density at radius 3 is 3.00 bits per heavy atom. The van der Waals surface area contributed by atoms with Gasteiger partial charge in [-0.3, -0.25) is 4.79 Å². The minimum absolute atomic E-state index is 0.177. The first-order chi connectivity index (χ1) is 11.6. The van der Waals surface area contributed by atoms with Gasteiger partial charge in [-0.2, -0.15) is 0 Å². The number of amides is 1. The van der Waals surface area contributed by atoms with Gasteiger partial charge in [0.25, 0.3) is 0 Å². The third-order valence-electron chi connectivity index (χ3n) is 5.02. The molecule has 0 bridgehead atoms. The van der Waals surface area contributed by atoms with Crippen molar-refractivity contribution in [2.75, 3.05) is 20.2 Å². The summed E-state index contributed by atoms with van der Waals surface area (Å²) in [4.78, 5) is 13.5. The molecule has 5 heteroatoms. The first-order valence-corrected chi connectivity index (χ1v) is 8.66. The van der Waals surface area contributed by atoms with Crippen LogP contribution < -0.4 is 10.1 Å². The van der Waals surface area contributed by atoms with Crippen LogP contribution in [0.15, 0.2) is 28.7 Å². The average Bonchev–Trinajstić information content (AvgIpc) is 3.02. The SMILES string of the molecule is CC[C@H]1CN(C(C)=O)CC[C@@H]1NCc1cc2cccc(OC)c2o1. The molecule has 0 spiro atoms. The van der Waals surface area contributed by atoms with E-state index in [1.165, 1.54) is 0 Å². The number of methoxy groups -OCH3 is 1. The number of likely N-dealkylation sites (tertiary alicyclic amines) is 1. The van der Waals surface area contributed by atoms with Gasteiger partial charge in [-0.05, 0) is 24.5 Å². The van der Waals surface area contributed by atoms with Crippen molar-refractivity contribution in [2.24, 2.45) is 5.92 Å². The second-order valence-electron chi connectivity index (χ2n) is 6.50. The monoisotopic (exact) mass is 330 g/mol. The summed E-state index contributed by atoms with van der Waals surface area (Å²) >= 11 is 0. The highest BCUT2D eigenvalue weighted by molar-refractivity contribution is 5.83. The molecule has 2 aromatic rings. The molecule has 1 aromatic heterocycles. The van der Waals surface area contributed by atoms with E-state index in [1.807, 2.05) is 23.1 Å². The standard InChI is InChI=1S/C19H26N2O3/c1-4-14-12-21(13(2)22)9-8-17(14)20-11-16-10-15-6-5-7-18(23-3)19(15)24-16/h5-7,10,14,17,20H,4,8-9,11-12H2,1-3H3/t14-,17-/m0/s1. The fourth-order valence-corrected chi connectivity index (χ4v) is 3.57. The molecule has 1 amide bonds. The number of carbonyl (C=O) groups is 1. The van der Waals surface area contributed by atoms with Gasteiger partial charge < -0.3 is 19.4 Å². The summed E-state index contributed by atoms with van der Waals surface area (Å²) in [5.41, 5.74) is 0.801. The van der Waals surface area contributed by atoms with Crippen LogP contribution >= 0.6 is 0 Å². The molecular formula is C19H26N2O3. The van der Waals surface area contributed by atoms with Crippen LogP contribution in [0, 0.1) is 5.92 Å². The molecule has 0 aliphatic carbocycles. The fourth-order valence-electron chi connectivity index (χ4n) is 3.57. The van der Waals surface area contributed by atoms with Gasteiger partial charge in [-0.25, -0.2) is 0 Å². The fraction of sp³-hybridized carbons (Fsp3) is 0.526. The summed E-state index contributed by atoms with van der Waals surface area (Å²) in [6.07, 6.45) is 2.05. The number of nitrogens with one attached hydrogen (secondary N) is 1. The van der Waals surface area contributed by atoms with Crippen molar-refractivity contribution >= 4 is 16.9 Å². The zero-order valence-corrected chi connectivity index (χ0v) is 14.7. The van der Waals surface area contributed by atoms with Crippen molar-refractivity contribution in [2.45, 2.75) is 39.3 Å². The second-order valence-corrected chi connectivity index (χ2v) is 6.50. The third kappa shape index (κ3) is 3.41. The maximum atomic E-state index is 11.6. The molecule has 1 saturated heterocycles. The molecule has 1 N–H and O–H groups in total. The minimum Gasteiger partial charge on any atom is -0.493 e. The maximum absolute atomic E-state index is 11.6. The van der Waals surface area contributed by atoms with Crippen molar-refractivity contribution in [3.8, 4) is 5.75 Å². The Morgan fingerprint density at radius 1 is 1.46 bits per heavy atom. The molecule has 0 radical (unpaired) electrons. The Bertz CT molecular complexity index is 710. The van der Waals surface area contributed by atoms with Crippen LogP contribution in [-0.2, 0) is 11.3 Å². The number of fused-ring (bicyclic) bond motifs is 1. The molecule has 1 aliphatic rings. The molecule has 1 aliphatic heterocycles. The van der Waals surface area contributed by atoms with E-state index in [2.05, 4.69) is 18.3 Å². The highest BCUT2D eigenvalue weighted by Gasteiger charge is 2.28. The lowest BCUT2D eigenvalue weighted by Crippen LogP contribution is -2.50. The normalized spacial score (nSPS) is 21.2. The van der Waals surface area contributed by atoms with E-state index in [9.17, 15) is 4.79 Å². The summed E-state index contributed by atoms with van der Waals surface area (Å²) in [7, 11) is 1.66. The van der Waals surface area contributed by atoms with Gasteiger partial charge in [0.1, 0.15) is 5.76 Å². The lowest BCUT2D eigenvalue weighted by Gasteiger charge is -2.38. The number of benzene rings is 1. The minimum atomic E-state index is 0.177. The summed E-state index contributed by atoms with van der Waals surface area (Å²) in [6, 6.07) is 8.40. The van der Waals surface area contributed by atoms with Crippen LogP contribution in [0.4, 0.5) is 0 Å². The van der Waals surface area contributed by atoms with E-state index in [0.717, 1.165) is 48.4 Å². The van der Waals surface area contributed by atoms with Crippen LogP contribution in [0.25, 0.3) is 11.0 Å². The third-order valence-corrected chi connectivity index (χ3v) is 5.02. The Morgan fingerprint density at radius 2 is 2.29 bits per heavy atom. The van der Waals surface area contributed by atoms with Gasteiger partial charge in [0.2, 0.25) is 5.91 Å². The Hall–Kier alpha value is -2.01. The molecule has 130 valence electrons. The predicted molar refractivity (Wildman–Crippen MR) is 94.0 cm³/mol. The molecule has 0 unspecified atom stereocenters. The molecule has 2 atom stereocenters. The molecule has 1 aromatic carbocycles. The molecular weight excluding hydrogens is 304 g/mol. The highest BCUT2D eigenvalue weighted by Crippen LogP contribution is 2.29. The number of hydrogen-bond donors (Lipinski definition) is 1. The molecule has 24 heavy (non-hydrogen) atoms. The van der Waals surface area contributed by atoms with Crippen LogP contribution in [0.3, 0.4) is 0 Å². The van der Waals surface area contributed by atoms with Gasteiger partial charge in [0.15, 0.2) is 11.3 Å². The predicted octanol–water partition coefficient (Wildman–Crippen LogP) is 3.18. The Labute approximate surface area is 143 Å². The average molecular weight is 330 g/mol. The first kappa shape index (κ1) is 16.8. The van der Waals surface area contributed by atoms with E-state index in [1.54, 1.807) is 14.0 Å². The van der Waals surface area contributed by atoms with Gasteiger partial charge in [0, 0.05) is 31.4 Å². The van der Waals surface area contributed by atoms with Crippen molar-refractivity contribution in [1.29, 1.82) is 0 Å². The van der Waals surface area contributed by atoms with Crippen molar-refractivity contribution in [3.05, 3.63) is 30.0 Å². The number of para-hydroxylation sites is 1. The Kier molecular flexibility index (Phi) is 5.09. The number of piperidine rings is 1. The maximum Gasteiger partial charge on any atom is 0.219 e. The quantitative estimate of drug-likeness (QED) is 0.915. The summed E-state index contributed by atoms with van der Waals surface area (Å²) in [6.45, 7) is 6.21. The zero-order valence-electron chi connectivity index (χ0n) is 14.7. The van der Waals surface area contributed by atoms with E-state index < -0.39 is 0 Å². The lowest BCUT2D eigenvalue weighted by atomic mass is 9.90. The summed E-state index contributed by atoms with van der Waals surface area (Å²) in [5, 5.41) is 4.68. The van der Waals surface area contributed by atoms with Crippen molar-refractivity contribution in [3.63, 3.8) is 0 Å².